The predicted octanol–water partition coefficient (Wildman–Crippen LogP) is 1.12. The molecule has 0 rings (SSSR count). The van der Waals surface area contributed by atoms with Crippen molar-refractivity contribution < 1.29 is 57.1 Å². The molecule has 1 radical (unpaired) electrons. The second-order valence-electron chi connectivity index (χ2n) is 8.45. The van der Waals surface area contributed by atoms with Gasteiger partial charge in [-0.15, -0.1) is 0 Å². The van der Waals surface area contributed by atoms with Crippen molar-refractivity contribution in [2.45, 2.75) is 0 Å². The van der Waals surface area contributed by atoms with Gasteiger partial charge in [-0.05, 0) is 0 Å². The second kappa shape index (κ2) is 19.5. The van der Waals surface area contributed by atoms with Gasteiger partial charge < -0.3 is 0 Å². The molecule has 0 aliphatic heterocycles. The average molecular weight is 573 g/mol. The molecule has 0 bridgehead atoms. The molecule has 0 saturated heterocycles. The van der Waals surface area contributed by atoms with Crippen LogP contribution in [0.15, 0.2) is 75.9 Å². The zero-order valence-electron chi connectivity index (χ0n) is 22.8. The Bertz CT molecular complexity index is 829. The van der Waals surface area contributed by atoms with E-state index in [1.54, 1.807) is 0 Å². The molecule has 0 heterocycles. The Morgan fingerprint density at radius 2 is 0.683 bits per heavy atom. The van der Waals surface area contributed by atoms with Crippen LogP contribution < -0.4 is 0 Å². The first-order chi connectivity index (χ1) is 19.4. The van der Waals surface area contributed by atoms with Gasteiger partial charge in [0.2, 0.25) is 0 Å². The van der Waals surface area contributed by atoms with Crippen molar-refractivity contribution in [1.82, 2.24) is 0 Å². The van der Waals surface area contributed by atoms with Crippen LogP contribution in [0.25, 0.3) is 0 Å². The van der Waals surface area contributed by atoms with Crippen molar-refractivity contribution in [3.63, 3.8) is 0 Å². The predicted molar refractivity (Wildman–Crippen MR) is 148 cm³/mol. The van der Waals surface area contributed by atoms with Crippen molar-refractivity contribution >= 4 is 43.0 Å². The van der Waals surface area contributed by atoms with Crippen molar-refractivity contribution in [3.8, 4) is 0 Å². The van der Waals surface area contributed by atoms with Crippen LogP contribution in [0, 0.1) is 10.8 Å². The Morgan fingerprint density at radius 3 is 0.902 bits per heavy atom. The summed E-state index contributed by atoms with van der Waals surface area (Å²) in [5.74, 6) is -4.02. The van der Waals surface area contributed by atoms with Crippen LogP contribution in [0.3, 0.4) is 0 Å². The third-order valence-corrected chi connectivity index (χ3v) is 5.00. The van der Waals surface area contributed by atoms with E-state index in [-0.39, 0.29) is 25.5 Å². The van der Waals surface area contributed by atoms with Gasteiger partial charge in [-0.3, -0.25) is 0 Å². The number of ether oxygens (including phenoxy) is 7. The molecule has 12 nitrogen and oxygen atoms in total. The molecule has 0 aliphatic carbocycles. The quantitative estimate of drug-likeness (QED) is 0.0746. The summed E-state index contributed by atoms with van der Waals surface area (Å²) < 4.78 is 37.3. The van der Waals surface area contributed by atoms with Gasteiger partial charge in [-0.1, -0.05) is 19.7 Å². The molecule has 221 valence electrons. The van der Waals surface area contributed by atoms with Crippen LogP contribution in [-0.2, 0) is 57.1 Å². The van der Waals surface area contributed by atoms with E-state index in [0.717, 1.165) is 30.4 Å². The van der Waals surface area contributed by atoms with E-state index in [0.29, 0.717) is 0 Å². The molecule has 0 aromatic rings. The number of carbonyl (C=O) groups is 5. The average Bonchev–Trinajstić information content (AvgIpc) is 3.00. The van der Waals surface area contributed by atoms with Crippen LogP contribution in [0.1, 0.15) is 0 Å². The van der Waals surface area contributed by atoms with E-state index in [9.17, 15) is 24.0 Å². The molecule has 13 heteroatoms. The maximum atomic E-state index is 11.9. The van der Waals surface area contributed by atoms with Crippen molar-refractivity contribution in [3.05, 3.63) is 75.9 Å². The van der Waals surface area contributed by atoms with Crippen LogP contribution in [0.5, 0.6) is 0 Å². The Hall–Kier alpha value is -4.52. The molecular formula is C28H34BO12. The van der Waals surface area contributed by atoms with Crippen molar-refractivity contribution in [2.24, 2.45) is 10.8 Å². The van der Waals surface area contributed by atoms with E-state index in [2.05, 4.69) is 39.5 Å². The minimum atomic E-state index is -1.45. The first kappa shape index (κ1) is 36.5. The number of rotatable bonds is 23. The Kier molecular flexibility index (Phi) is 17.4. The summed E-state index contributed by atoms with van der Waals surface area (Å²) >= 11 is 0. The summed E-state index contributed by atoms with van der Waals surface area (Å²) in [6.07, 6.45) is 5.78. The first-order valence-electron chi connectivity index (χ1n) is 11.9. The SMILES string of the molecule is [B]=C(C=C)OCC(COCC(COC(=O)C=C)(COC(=O)C=C)COC(=O)C=C)(COC(=O)C=C)COC(=O)C=C. The molecule has 41 heavy (non-hydrogen) atoms. The molecule has 0 fully saturated rings. The third kappa shape index (κ3) is 15.0. The number of esters is 5. The van der Waals surface area contributed by atoms with E-state index in [1.165, 1.54) is 6.08 Å². The summed E-state index contributed by atoms with van der Waals surface area (Å²) in [6, 6.07) is 0. The molecular weight excluding hydrogens is 539 g/mol. The van der Waals surface area contributed by atoms with Crippen LogP contribution in [-0.4, -0.2) is 95.8 Å². The summed E-state index contributed by atoms with van der Waals surface area (Å²) in [5, 5.41) is 0. The Balaban J connectivity index is 6.30. The van der Waals surface area contributed by atoms with Gasteiger partial charge in [-0.2, -0.15) is 0 Å². The van der Waals surface area contributed by atoms with Gasteiger partial charge in [0.05, 0.1) is 0 Å². The van der Waals surface area contributed by atoms with E-state index in [1.807, 2.05) is 0 Å². The molecule has 0 unspecified atom stereocenters. The Morgan fingerprint density at radius 1 is 0.439 bits per heavy atom. The van der Waals surface area contributed by atoms with Gasteiger partial charge in [-0.25, -0.2) is 0 Å². The molecule has 0 aromatic carbocycles. The normalized spacial score (nSPS) is 10.5. The zero-order chi connectivity index (χ0) is 31.3. The third-order valence-electron chi connectivity index (χ3n) is 5.00. The molecule has 0 saturated carbocycles. The van der Waals surface area contributed by atoms with Gasteiger partial charge in [0.15, 0.2) is 0 Å². The van der Waals surface area contributed by atoms with E-state index >= 15 is 0 Å². The van der Waals surface area contributed by atoms with Crippen LogP contribution in [0.2, 0.25) is 0 Å². The summed E-state index contributed by atoms with van der Waals surface area (Å²) in [6.45, 7) is 17.0. The minimum absolute atomic E-state index is 0.0853. The first-order valence-corrected chi connectivity index (χ1v) is 11.9. The van der Waals surface area contributed by atoms with E-state index < -0.39 is 73.7 Å². The van der Waals surface area contributed by atoms with Crippen LogP contribution >= 0.6 is 0 Å². The molecule has 0 amide bonds. The fourth-order valence-electron chi connectivity index (χ4n) is 2.70. The topological polar surface area (TPSA) is 150 Å². The van der Waals surface area contributed by atoms with Gasteiger partial charge in [0.1, 0.15) is 0 Å². The van der Waals surface area contributed by atoms with Gasteiger partial charge in [0, 0.05) is 0 Å². The fourth-order valence-corrected chi connectivity index (χ4v) is 2.70. The second-order valence-corrected chi connectivity index (χ2v) is 8.45. The number of carbonyl (C=O) groups excluding carboxylic acids is 5. The molecule has 0 N–H and O–H groups in total. The molecule has 0 aliphatic rings. The Labute approximate surface area is 239 Å². The van der Waals surface area contributed by atoms with Crippen LogP contribution in [0.4, 0.5) is 0 Å². The molecule has 0 aromatic heterocycles. The van der Waals surface area contributed by atoms with Gasteiger partial charge in [0.25, 0.3) is 0 Å². The van der Waals surface area contributed by atoms with Gasteiger partial charge >= 0.3 is 220 Å². The number of hydrogen-bond donors (Lipinski definition) is 0. The summed E-state index contributed by atoms with van der Waals surface area (Å²) in [4.78, 5) is 59.2. The summed E-state index contributed by atoms with van der Waals surface area (Å²) in [5.41, 5.74) is -2.91. The standard InChI is InChI=1S/C28H34BO12/c1-7-21(29)36-15-27(16-37-22(30)8-2,17-38-23(31)9-3)13-35-14-28(18-39-24(32)10-4,19-40-25(33)11-5)20-41-26(34)12-6/h7-12H,1-6,13-20H2. The van der Waals surface area contributed by atoms with Crippen molar-refractivity contribution in [1.29, 1.82) is 0 Å². The molecule has 0 spiro atoms. The number of hydrogen-bond acceptors (Lipinski definition) is 12. The monoisotopic (exact) mass is 573 g/mol. The fraction of sp³-hybridized carbons (Fsp3) is 0.357. The maximum absolute atomic E-state index is 11.9. The summed E-state index contributed by atoms with van der Waals surface area (Å²) in [7, 11) is 5.70. The molecule has 0 atom stereocenters. The van der Waals surface area contributed by atoms with E-state index in [4.69, 9.17) is 40.6 Å². The zero-order valence-corrected chi connectivity index (χ0v) is 22.8. The van der Waals surface area contributed by atoms with Crippen molar-refractivity contribution in [2.75, 3.05) is 52.9 Å².